The van der Waals surface area contributed by atoms with E-state index in [1.807, 2.05) is 17.5 Å². The largest absolute Gasteiger partial charge is 0.443 e. The molecule has 124 valence electrons. The van der Waals surface area contributed by atoms with Crippen LogP contribution in [0.3, 0.4) is 0 Å². The number of carbonyl (C=O) groups is 1. The van der Waals surface area contributed by atoms with Gasteiger partial charge in [0, 0.05) is 6.54 Å². The Morgan fingerprint density at radius 2 is 2.48 bits per heavy atom. The molecule has 1 aliphatic heterocycles. The first kappa shape index (κ1) is 16.2. The molecule has 1 unspecified atom stereocenters. The minimum absolute atomic E-state index is 0.0963. The van der Waals surface area contributed by atoms with Crippen LogP contribution in [0.15, 0.2) is 28.2 Å². The van der Waals surface area contributed by atoms with E-state index in [4.69, 9.17) is 4.42 Å². The number of hydrogen-bond donors (Lipinski definition) is 1. The summed E-state index contributed by atoms with van der Waals surface area (Å²) in [5.74, 6) is 0.849. The fraction of sp³-hybridized carbons (Fsp3) is 0.529. The summed E-state index contributed by atoms with van der Waals surface area (Å²) < 4.78 is 5.48. The van der Waals surface area contributed by atoms with E-state index in [1.54, 1.807) is 17.6 Å². The average molecular weight is 333 g/mol. The molecule has 0 aromatic carbocycles. The summed E-state index contributed by atoms with van der Waals surface area (Å²) in [5.41, 5.74) is 0.767. The van der Waals surface area contributed by atoms with Gasteiger partial charge in [-0.2, -0.15) is 0 Å². The van der Waals surface area contributed by atoms with Gasteiger partial charge in [0.15, 0.2) is 0 Å². The van der Waals surface area contributed by atoms with Crippen LogP contribution in [0.4, 0.5) is 0 Å². The molecular weight excluding hydrogens is 310 g/mol. The second-order valence-corrected chi connectivity index (χ2v) is 6.93. The Bertz CT molecular complexity index is 622. The first-order chi connectivity index (χ1) is 11.3. The van der Waals surface area contributed by atoms with Crippen LogP contribution >= 0.6 is 11.3 Å². The highest BCUT2D eigenvalue weighted by Crippen LogP contribution is 2.23. The average Bonchev–Trinajstić information content (AvgIpc) is 3.24. The normalized spacial score (nSPS) is 18.9. The van der Waals surface area contributed by atoms with Gasteiger partial charge in [0.1, 0.15) is 6.26 Å². The van der Waals surface area contributed by atoms with E-state index in [2.05, 4.69) is 22.1 Å². The van der Waals surface area contributed by atoms with E-state index < -0.39 is 0 Å². The zero-order valence-corrected chi connectivity index (χ0v) is 14.3. The molecule has 3 rings (SSSR count). The Balaban J connectivity index is 1.51. The monoisotopic (exact) mass is 333 g/mol. The number of oxazole rings is 1. The highest BCUT2D eigenvalue weighted by molar-refractivity contribution is 7.13. The molecule has 23 heavy (non-hydrogen) atoms. The molecule has 3 heterocycles. The molecule has 0 spiro atoms. The minimum Gasteiger partial charge on any atom is -0.443 e. The van der Waals surface area contributed by atoms with Crippen LogP contribution in [0.2, 0.25) is 0 Å². The molecule has 6 heteroatoms. The Labute approximate surface area is 140 Å². The summed E-state index contributed by atoms with van der Waals surface area (Å²) >= 11 is 1.59. The first-order valence-electron chi connectivity index (χ1n) is 8.24. The van der Waals surface area contributed by atoms with E-state index >= 15 is 0 Å². The molecular formula is C17H23N3O2S. The van der Waals surface area contributed by atoms with Crippen LogP contribution in [-0.4, -0.2) is 35.4 Å². The van der Waals surface area contributed by atoms with Gasteiger partial charge < -0.3 is 14.6 Å². The predicted octanol–water partition coefficient (Wildman–Crippen LogP) is 3.14. The van der Waals surface area contributed by atoms with Crippen molar-refractivity contribution in [3.63, 3.8) is 0 Å². The van der Waals surface area contributed by atoms with Crippen LogP contribution in [-0.2, 0) is 11.3 Å². The summed E-state index contributed by atoms with van der Waals surface area (Å²) in [7, 11) is 0. The highest BCUT2D eigenvalue weighted by Gasteiger charge is 2.25. The molecule has 1 fully saturated rings. The number of aromatic nitrogens is 1. The molecule has 2 aromatic heterocycles. The van der Waals surface area contributed by atoms with Gasteiger partial charge in [0.25, 0.3) is 0 Å². The fourth-order valence-corrected chi connectivity index (χ4v) is 3.67. The maximum Gasteiger partial charge on any atom is 0.236 e. The van der Waals surface area contributed by atoms with Crippen molar-refractivity contribution >= 4 is 17.2 Å². The Hall–Kier alpha value is -1.66. The molecule has 2 aromatic rings. The van der Waals surface area contributed by atoms with Gasteiger partial charge in [-0.25, -0.2) is 4.98 Å². The number of rotatable bonds is 6. The van der Waals surface area contributed by atoms with Gasteiger partial charge in [-0.15, -0.1) is 11.3 Å². The Morgan fingerprint density at radius 3 is 3.26 bits per heavy atom. The van der Waals surface area contributed by atoms with E-state index in [-0.39, 0.29) is 11.8 Å². The van der Waals surface area contributed by atoms with Crippen LogP contribution in [0.5, 0.6) is 0 Å². The minimum atomic E-state index is 0.0963. The molecule has 1 saturated heterocycles. The van der Waals surface area contributed by atoms with Gasteiger partial charge in [-0.3, -0.25) is 4.79 Å². The quantitative estimate of drug-likeness (QED) is 0.882. The maximum atomic E-state index is 12.4. The van der Waals surface area contributed by atoms with Crippen molar-refractivity contribution in [2.45, 2.75) is 32.7 Å². The third kappa shape index (κ3) is 4.20. The van der Waals surface area contributed by atoms with Crippen molar-refractivity contribution < 1.29 is 9.21 Å². The molecule has 0 radical (unpaired) electrons. The van der Waals surface area contributed by atoms with E-state index in [9.17, 15) is 4.79 Å². The topological polar surface area (TPSA) is 58.4 Å². The lowest BCUT2D eigenvalue weighted by Gasteiger charge is -2.31. The molecule has 1 atom stereocenters. The van der Waals surface area contributed by atoms with Crippen molar-refractivity contribution in [2.75, 3.05) is 19.6 Å². The highest BCUT2D eigenvalue weighted by atomic mass is 32.1. The number of thiophene rings is 1. The number of piperidine rings is 1. The van der Waals surface area contributed by atoms with Crippen LogP contribution in [0.1, 0.15) is 31.9 Å². The van der Waals surface area contributed by atoms with Gasteiger partial charge in [-0.1, -0.05) is 13.0 Å². The SMILES string of the molecule is CCCN1CCCC(C(=O)NCc2coc(-c3cccs3)n2)C1. The smallest absolute Gasteiger partial charge is 0.236 e. The Morgan fingerprint density at radius 1 is 1.57 bits per heavy atom. The summed E-state index contributed by atoms with van der Waals surface area (Å²) in [5, 5.41) is 5.00. The van der Waals surface area contributed by atoms with Crippen molar-refractivity contribution in [1.29, 1.82) is 0 Å². The summed E-state index contributed by atoms with van der Waals surface area (Å²) in [6, 6.07) is 3.94. The zero-order valence-electron chi connectivity index (χ0n) is 13.5. The molecule has 5 nitrogen and oxygen atoms in total. The van der Waals surface area contributed by atoms with Crippen molar-refractivity contribution in [2.24, 2.45) is 5.92 Å². The lowest BCUT2D eigenvalue weighted by Crippen LogP contribution is -2.43. The molecule has 0 bridgehead atoms. The van der Waals surface area contributed by atoms with Gasteiger partial charge in [0.2, 0.25) is 11.8 Å². The number of amides is 1. The lowest BCUT2D eigenvalue weighted by molar-refractivity contribution is -0.126. The van der Waals surface area contributed by atoms with Crippen molar-refractivity contribution in [3.05, 3.63) is 29.5 Å². The first-order valence-corrected chi connectivity index (χ1v) is 9.12. The third-order valence-electron chi connectivity index (χ3n) is 4.14. The van der Waals surface area contributed by atoms with E-state index in [0.717, 1.165) is 49.5 Å². The predicted molar refractivity (Wildman–Crippen MR) is 91.1 cm³/mol. The van der Waals surface area contributed by atoms with E-state index in [1.165, 1.54) is 0 Å². The lowest BCUT2D eigenvalue weighted by atomic mass is 9.97. The molecule has 0 saturated carbocycles. The molecule has 0 aliphatic carbocycles. The van der Waals surface area contributed by atoms with Gasteiger partial charge in [-0.05, 0) is 43.8 Å². The standard InChI is InChI=1S/C17H23N3O2S/c1-2-7-20-8-3-5-13(11-20)16(21)18-10-14-12-22-17(19-14)15-6-4-9-23-15/h4,6,9,12-13H,2-3,5,7-8,10-11H2,1H3,(H,18,21). The van der Waals surface area contributed by atoms with Crippen molar-refractivity contribution in [1.82, 2.24) is 15.2 Å². The zero-order chi connectivity index (χ0) is 16.1. The van der Waals surface area contributed by atoms with Gasteiger partial charge >= 0.3 is 0 Å². The van der Waals surface area contributed by atoms with Crippen molar-refractivity contribution in [3.8, 4) is 10.8 Å². The van der Waals surface area contributed by atoms with Crippen LogP contribution in [0, 0.1) is 5.92 Å². The van der Waals surface area contributed by atoms with Gasteiger partial charge in [0.05, 0.1) is 23.0 Å². The number of nitrogens with zero attached hydrogens (tertiary/aromatic N) is 2. The van der Waals surface area contributed by atoms with Crippen LogP contribution < -0.4 is 5.32 Å². The summed E-state index contributed by atoms with van der Waals surface area (Å²) in [6.07, 6.45) is 4.84. The third-order valence-corrected chi connectivity index (χ3v) is 5.00. The number of hydrogen-bond acceptors (Lipinski definition) is 5. The molecule has 1 N–H and O–H groups in total. The fourth-order valence-electron chi connectivity index (χ4n) is 3.01. The number of nitrogens with one attached hydrogen (secondary N) is 1. The Kier molecular flexibility index (Phi) is 5.46. The number of likely N-dealkylation sites (tertiary alicyclic amines) is 1. The molecule has 1 aliphatic rings. The second kappa shape index (κ2) is 7.75. The second-order valence-electron chi connectivity index (χ2n) is 5.98. The summed E-state index contributed by atoms with van der Waals surface area (Å²) in [4.78, 5) is 20.2. The maximum absolute atomic E-state index is 12.4. The molecule has 1 amide bonds. The van der Waals surface area contributed by atoms with Crippen LogP contribution in [0.25, 0.3) is 10.8 Å². The van der Waals surface area contributed by atoms with E-state index in [0.29, 0.717) is 12.4 Å². The summed E-state index contributed by atoms with van der Waals surface area (Å²) in [6.45, 7) is 5.68. The number of carbonyl (C=O) groups excluding carboxylic acids is 1.